The first kappa shape index (κ1) is 14.5. The number of aryl methyl sites for hydroxylation is 1. The molecule has 0 aromatic heterocycles. The summed E-state index contributed by atoms with van der Waals surface area (Å²) in [6, 6.07) is 11.1. The molecule has 0 heterocycles. The van der Waals surface area contributed by atoms with E-state index in [9.17, 15) is 10.2 Å². The van der Waals surface area contributed by atoms with Gasteiger partial charge in [0.2, 0.25) is 0 Å². The summed E-state index contributed by atoms with van der Waals surface area (Å²) in [5, 5.41) is 19.4. The van der Waals surface area contributed by atoms with Crippen LogP contribution in [-0.4, -0.2) is 10.2 Å². The molecular formula is C20H20O2. The Kier molecular flexibility index (Phi) is 3.76. The molecule has 1 aliphatic carbocycles. The van der Waals surface area contributed by atoms with Crippen LogP contribution in [0.2, 0.25) is 0 Å². The van der Waals surface area contributed by atoms with Gasteiger partial charge in [0.25, 0.3) is 0 Å². The lowest BCUT2D eigenvalue weighted by atomic mass is 9.91. The minimum atomic E-state index is 0.260. The van der Waals surface area contributed by atoms with Gasteiger partial charge in [0.1, 0.15) is 11.5 Å². The molecule has 0 aliphatic heterocycles. The molecule has 0 radical (unpaired) electrons. The smallest absolute Gasteiger partial charge is 0.116 e. The third-order valence-corrected chi connectivity index (χ3v) is 4.40. The topological polar surface area (TPSA) is 40.5 Å². The molecule has 0 unspecified atom stereocenters. The molecular weight excluding hydrogens is 272 g/mol. The summed E-state index contributed by atoms with van der Waals surface area (Å²) in [7, 11) is 0. The lowest BCUT2D eigenvalue weighted by molar-refractivity contribution is 0.474. The summed E-state index contributed by atoms with van der Waals surface area (Å²) >= 11 is 0. The standard InChI is InChI=1S/C20H20O2/c1-3-14-11-16(21)8-10-20(14)19-6-4-5-15-12-17(22)7-9-18(15)13(19)2/h3,7-12,21-22H,1,4-6H2,2H3. The zero-order valence-electron chi connectivity index (χ0n) is 12.8. The molecule has 3 rings (SSSR count). The Bertz CT molecular complexity index is 769. The van der Waals surface area contributed by atoms with Gasteiger partial charge >= 0.3 is 0 Å². The molecule has 0 atom stereocenters. The maximum Gasteiger partial charge on any atom is 0.116 e. The highest BCUT2D eigenvalue weighted by Crippen LogP contribution is 2.38. The maximum atomic E-state index is 9.70. The molecule has 2 aromatic carbocycles. The second-order valence-electron chi connectivity index (χ2n) is 5.77. The summed E-state index contributed by atoms with van der Waals surface area (Å²) in [5.74, 6) is 0.585. The van der Waals surface area contributed by atoms with Crippen molar-refractivity contribution in [3.63, 3.8) is 0 Å². The molecule has 0 amide bonds. The molecule has 0 saturated carbocycles. The molecule has 112 valence electrons. The van der Waals surface area contributed by atoms with E-state index in [0.717, 1.165) is 30.4 Å². The Morgan fingerprint density at radius 1 is 0.955 bits per heavy atom. The Hall–Kier alpha value is -2.48. The molecule has 1 aliphatic rings. The second-order valence-corrected chi connectivity index (χ2v) is 5.77. The van der Waals surface area contributed by atoms with Gasteiger partial charge in [-0.2, -0.15) is 0 Å². The van der Waals surface area contributed by atoms with Crippen molar-refractivity contribution in [2.24, 2.45) is 0 Å². The van der Waals surface area contributed by atoms with E-state index in [1.54, 1.807) is 24.3 Å². The summed E-state index contributed by atoms with van der Waals surface area (Å²) in [4.78, 5) is 0. The SMILES string of the molecule is C=Cc1cc(O)ccc1C1=C(C)c2ccc(O)cc2CCC1. The average Bonchev–Trinajstić information content (AvgIpc) is 2.66. The van der Waals surface area contributed by atoms with Crippen molar-refractivity contribution in [2.75, 3.05) is 0 Å². The van der Waals surface area contributed by atoms with Crippen LogP contribution in [0.1, 0.15) is 42.0 Å². The normalized spacial score (nSPS) is 14.4. The van der Waals surface area contributed by atoms with Crippen molar-refractivity contribution in [1.82, 2.24) is 0 Å². The van der Waals surface area contributed by atoms with Crippen molar-refractivity contribution in [1.29, 1.82) is 0 Å². The minimum Gasteiger partial charge on any atom is -0.508 e. The van der Waals surface area contributed by atoms with Crippen LogP contribution in [0.3, 0.4) is 0 Å². The van der Waals surface area contributed by atoms with Crippen molar-refractivity contribution in [3.8, 4) is 11.5 Å². The van der Waals surface area contributed by atoms with Gasteiger partial charge < -0.3 is 10.2 Å². The van der Waals surface area contributed by atoms with Gasteiger partial charge in [-0.05, 0) is 83.9 Å². The van der Waals surface area contributed by atoms with E-state index < -0.39 is 0 Å². The van der Waals surface area contributed by atoms with Gasteiger partial charge in [-0.3, -0.25) is 0 Å². The molecule has 2 nitrogen and oxygen atoms in total. The zero-order valence-corrected chi connectivity index (χ0v) is 12.8. The largest absolute Gasteiger partial charge is 0.508 e. The number of phenolic OH excluding ortho intramolecular Hbond substituents is 2. The van der Waals surface area contributed by atoms with Gasteiger partial charge in [-0.1, -0.05) is 24.8 Å². The van der Waals surface area contributed by atoms with E-state index in [0.29, 0.717) is 5.75 Å². The van der Waals surface area contributed by atoms with Crippen LogP contribution < -0.4 is 0 Å². The summed E-state index contributed by atoms with van der Waals surface area (Å²) in [6.45, 7) is 6.00. The van der Waals surface area contributed by atoms with E-state index in [1.165, 1.54) is 22.3 Å². The monoisotopic (exact) mass is 292 g/mol. The van der Waals surface area contributed by atoms with Crippen LogP contribution in [0.5, 0.6) is 11.5 Å². The van der Waals surface area contributed by atoms with E-state index in [-0.39, 0.29) is 5.75 Å². The van der Waals surface area contributed by atoms with Gasteiger partial charge in [0.05, 0.1) is 0 Å². The lowest BCUT2D eigenvalue weighted by Gasteiger charge is -2.14. The molecule has 2 aromatic rings. The number of rotatable bonds is 2. The summed E-state index contributed by atoms with van der Waals surface area (Å²) in [6.07, 6.45) is 4.78. The first-order valence-corrected chi connectivity index (χ1v) is 7.58. The Morgan fingerprint density at radius 3 is 2.36 bits per heavy atom. The van der Waals surface area contributed by atoms with Crippen molar-refractivity contribution < 1.29 is 10.2 Å². The quantitative estimate of drug-likeness (QED) is 0.817. The lowest BCUT2D eigenvalue weighted by Crippen LogP contribution is -1.92. The number of hydrogen-bond acceptors (Lipinski definition) is 2. The molecule has 0 bridgehead atoms. The maximum absolute atomic E-state index is 9.70. The number of benzene rings is 2. The molecule has 0 spiro atoms. The third-order valence-electron chi connectivity index (χ3n) is 4.40. The van der Waals surface area contributed by atoms with Gasteiger partial charge in [-0.25, -0.2) is 0 Å². The van der Waals surface area contributed by atoms with Crippen LogP contribution in [0.25, 0.3) is 17.2 Å². The van der Waals surface area contributed by atoms with E-state index >= 15 is 0 Å². The Labute approximate surface area is 131 Å². The highest BCUT2D eigenvalue weighted by Gasteiger charge is 2.17. The fraction of sp³-hybridized carbons (Fsp3) is 0.200. The summed E-state index contributed by atoms with van der Waals surface area (Å²) in [5.41, 5.74) is 7.02. The first-order chi connectivity index (χ1) is 10.6. The van der Waals surface area contributed by atoms with Crippen molar-refractivity contribution in [3.05, 3.63) is 65.2 Å². The van der Waals surface area contributed by atoms with Gasteiger partial charge in [-0.15, -0.1) is 0 Å². The van der Waals surface area contributed by atoms with Crippen molar-refractivity contribution >= 4 is 17.2 Å². The number of aromatic hydroxyl groups is 2. The van der Waals surface area contributed by atoms with Crippen LogP contribution >= 0.6 is 0 Å². The number of hydrogen-bond donors (Lipinski definition) is 2. The predicted octanol–water partition coefficient (Wildman–Crippen LogP) is 5.01. The fourth-order valence-electron chi connectivity index (χ4n) is 3.29. The minimum absolute atomic E-state index is 0.260. The summed E-state index contributed by atoms with van der Waals surface area (Å²) < 4.78 is 0. The Balaban J connectivity index is 2.19. The van der Waals surface area contributed by atoms with E-state index in [1.807, 2.05) is 18.2 Å². The first-order valence-electron chi connectivity index (χ1n) is 7.58. The molecule has 22 heavy (non-hydrogen) atoms. The molecule has 0 saturated heterocycles. The number of phenols is 2. The zero-order chi connectivity index (χ0) is 15.7. The fourth-order valence-corrected chi connectivity index (χ4v) is 3.29. The van der Waals surface area contributed by atoms with E-state index in [4.69, 9.17) is 0 Å². The second kappa shape index (κ2) is 5.72. The highest BCUT2D eigenvalue weighted by molar-refractivity contribution is 5.93. The number of allylic oxidation sites excluding steroid dienone is 2. The average molecular weight is 292 g/mol. The van der Waals surface area contributed by atoms with Crippen LogP contribution in [0.15, 0.2) is 43.0 Å². The van der Waals surface area contributed by atoms with Crippen LogP contribution in [-0.2, 0) is 6.42 Å². The van der Waals surface area contributed by atoms with E-state index in [2.05, 4.69) is 13.5 Å². The van der Waals surface area contributed by atoms with Crippen molar-refractivity contribution in [2.45, 2.75) is 26.2 Å². The molecule has 0 fully saturated rings. The van der Waals surface area contributed by atoms with Gasteiger partial charge in [0, 0.05) is 0 Å². The number of fused-ring (bicyclic) bond motifs is 1. The van der Waals surface area contributed by atoms with Crippen LogP contribution in [0, 0.1) is 0 Å². The third kappa shape index (κ3) is 2.52. The Morgan fingerprint density at radius 2 is 1.64 bits per heavy atom. The predicted molar refractivity (Wildman–Crippen MR) is 91.7 cm³/mol. The van der Waals surface area contributed by atoms with Crippen LogP contribution in [0.4, 0.5) is 0 Å². The molecule has 2 N–H and O–H groups in total. The van der Waals surface area contributed by atoms with Gasteiger partial charge in [0.15, 0.2) is 0 Å². The highest BCUT2D eigenvalue weighted by atomic mass is 16.3. The molecule has 2 heteroatoms.